The van der Waals surface area contributed by atoms with E-state index in [1.807, 2.05) is 63.2 Å². The van der Waals surface area contributed by atoms with Crippen LogP contribution in [0.4, 0.5) is 11.4 Å². The summed E-state index contributed by atoms with van der Waals surface area (Å²) >= 11 is 0. The van der Waals surface area contributed by atoms with Crippen LogP contribution in [-0.4, -0.2) is 51.3 Å². The quantitative estimate of drug-likeness (QED) is 0.354. The zero-order valence-electron chi connectivity index (χ0n) is 24.1. The monoisotopic (exact) mass is 550 g/mol. The molecule has 0 radical (unpaired) electrons. The molecule has 3 aromatic carbocycles. The van der Waals surface area contributed by atoms with E-state index in [-0.39, 0.29) is 23.7 Å². The summed E-state index contributed by atoms with van der Waals surface area (Å²) in [6, 6.07) is 22.3. The second-order valence-corrected chi connectivity index (χ2v) is 11.5. The van der Waals surface area contributed by atoms with Gasteiger partial charge in [-0.3, -0.25) is 9.69 Å². The SMILES string of the molecule is Cc1cc(N2CCN(C(C(=O)Nc3ccc4c(c3)CCC4)c3ccccc3)CC2)ccc1-n1cnn(C(C)C)c1=O. The summed E-state index contributed by atoms with van der Waals surface area (Å²) < 4.78 is 3.11. The number of piperazine rings is 1. The number of hydrogen-bond donors (Lipinski definition) is 1. The zero-order chi connectivity index (χ0) is 28.5. The predicted octanol–water partition coefficient (Wildman–Crippen LogP) is 4.91. The number of nitrogens with zero attached hydrogens (tertiary/aromatic N) is 5. The third kappa shape index (κ3) is 5.44. The maximum Gasteiger partial charge on any atom is 0.350 e. The molecule has 1 saturated heterocycles. The number of anilines is 2. The molecule has 1 amide bonds. The first kappa shape index (κ1) is 27.0. The van der Waals surface area contributed by atoms with Gasteiger partial charge in [0.15, 0.2) is 0 Å². The predicted molar refractivity (Wildman–Crippen MR) is 163 cm³/mol. The van der Waals surface area contributed by atoms with Gasteiger partial charge in [-0.15, -0.1) is 0 Å². The Hall–Kier alpha value is -4.17. The number of benzene rings is 3. The van der Waals surface area contributed by atoms with Crippen molar-refractivity contribution in [1.29, 1.82) is 0 Å². The van der Waals surface area contributed by atoms with E-state index in [0.717, 1.165) is 67.2 Å². The minimum Gasteiger partial charge on any atom is -0.369 e. The largest absolute Gasteiger partial charge is 0.369 e. The van der Waals surface area contributed by atoms with E-state index in [2.05, 4.69) is 44.5 Å². The van der Waals surface area contributed by atoms with Gasteiger partial charge in [0.25, 0.3) is 0 Å². The van der Waals surface area contributed by atoms with Crippen molar-refractivity contribution in [3.63, 3.8) is 0 Å². The Morgan fingerprint density at radius 2 is 1.66 bits per heavy atom. The highest BCUT2D eigenvalue weighted by molar-refractivity contribution is 5.95. The molecule has 6 rings (SSSR count). The highest BCUT2D eigenvalue weighted by atomic mass is 16.2. The number of rotatable bonds is 7. The molecule has 1 unspecified atom stereocenters. The van der Waals surface area contributed by atoms with E-state index in [9.17, 15) is 9.59 Å². The first-order chi connectivity index (χ1) is 19.9. The lowest BCUT2D eigenvalue weighted by Gasteiger charge is -2.40. The lowest BCUT2D eigenvalue weighted by Crippen LogP contribution is -2.50. The molecule has 1 atom stereocenters. The topological polar surface area (TPSA) is 75.4 Å². The van der Waals surface area contributed by atoms with Crippen LogP contribution in [0.3, 0.4) is 0 Å². The molecule has 2 aliphatic rings. The smallest absolute Gasteiger partial charge is 0.350 e. The normalized spacial score (nSPS) is 16.1. The van der Waals surface area contributed by atoms with Gasteiger partial charge in [-0.25, -0.2) is 14.0 Å². The highest BCUT2D eigenvalue weighted by Crippen LogP contribution is 2.29. The maximum atomic E-state index is 13.8. The van der Waals surface area contributed by atoms with Gasteiger partial charge in [0, 0.05) is 37.6 Å². The van der Waals surface area contributed by atoms with Gasteiger partial charge in [0.2, 0.25) is 5.91 Å². The molecule has 1 aliphatic heterocycles. The van der Waals surface area contributed by atoms with Crippen molar-refractivity contribution in [3.8, 4) is 5.69 Å². The van der Waals surface area contributed by atoms with Gasteiger partial charge < -0.3 is 10.2 Å². The zero-order valence-corrected chi connectivity index (χ0v) is 24.1. The van der Waals surface area contributed by atoms with Crippen molar-refractivity contribution in [1.82, 2.24) is 19.2 Å². The third-order valence-corrected chi connectivity index (χ3v) is 8.40. The molecule has 1 fully saturated rings. The number of aryl methyl sites for hydroxylation is 3. The molecule has 1 aromatic heterocycles. The number of amides is 1. The van der Waals surface area contributed by atoms with Crippen molar-refractivity contribution in [3.05, 3.63) is 106 Å². The number of carbonyl (C=O) groups is 1. The number of nitrogens with one attached hydrogen (secondary N) is 1. The molecule has 8 heteroatoms. The number of fused-ring (bicyclic) bond motifs is 1. The van der Waals surface area contributed by atoms with Gasteiger partial charge in [-0.1, -0.05) is 36.4 Å². The van der Waals surface area contributed by atoms with E-state index in [1.54, 1.807) is 10.9 Å². The Labute approximate surface area is 241 Å². The van der Waals surface area contributed by atoms with Gasteiger partial charge in [-0.05, 0) is 92.6 Å². The Morgan fingerprint density at radius 1 is 0.902 bits per heavy atom. The Balaban J connectivity index is 1.17. The fourth-order valence-electron chi connectivity index (χ4n) is 6.20. The molecule has 1 aliphatic carbocycles. The van der Waals surface area contributed by atoms with Crippen molar-refractivity contribution >= 4 is 17.3 Å². The molecule has 0 bridgehead atoms. The van der Waals surface area contributed by atoms with Crippen LogP contribution in [0.25, 0.3) is 5.69 Å². The fraction of sp³-hybridized carbons (Fsp3) is 0.364. The van der Waals surface area contributed by atoms with E-state index in [4.69, 9.17) is 0 Å². The van der Waals surface area contributed by atoms with Crippen LogP contribution in [0.15, 0.2) is 77.9 Å². The Bertz CT molecular complexity index is 1600. The average molecular weight is 551 g/mol. The highest BCUT2D eigenvalue weighted by Gasteiger charge is 2.31. The molecule has 41 heavy (non-hydrogen) atoms. The average Bonchev–Trinajstić information content (AvgIpc) is 3.60. The third-order valence-electron chi connectivity index (χ3n) is 8.40. The molecule has 0 spiro atoms. The Kier molecular flexibility index (Phi) is 7.49. The number of carbonyl (C=O) groups excluding carboxylic acids is 1. The van der Waals surface area contributed by atoms with Crippen molar-refractivity contribution < 1.29 is 4.79 Å². The fourth-order valence-corrected chi connectivity index (χ4v) is 6.20. The molecule has 2 heterocycles. The second kappa shape index (κ2) is 11.4. The van der Waals surface area contributed by atoms with Crippen molar-refractivity contribution in [2.75, 3.05) is 36.4 Å². The summed E-state index contributed by atoms with van der Waals surface area (Å²) in [5.41, 5.74) is 7.50. The molecule has 212 valence electrons. The van der Waals surface area contributed by atoms with Gasteiger partial charge in [0.1, 0.15) is 12.4 Å². The van der Waals surface area contributed by atoms with Gasteiger partial charge in [-0.2, -0.15) is 5.10 Å². The molecular weight excluding hydrogens is 512 g/mol. The molecule has 4 aromatic rings. The van der Waals surface area contributed by atoms with Crippen LogP contribution in [0.2, 0.25) is 0 Å². The standard InChI is InChI=1S/C33H38N6O2/c1-23(2)39-33(41)38(22-34-39)30-15-14-29(20-24(30)3)36-16-18-37(19-17-36)31(26-8-5-4-6-9-26)32(40)35-28-13-12-25-10-7-11-27(25)21-28/h4-6,8-9,12-15,20-23,31H,7,10-11,16-19H2,1-3H3,(H,35,40). The lowest BCUT2D eigenvalue weighted by molar-refractivity contribution is -0.121. The van der Waals surface area contributed by atoms with Crippen LogP contribution >= 0.6 is 0 Å². The van der Waals surface area contributed by atoms with Crippen LogP contribution < -0.4 is 15.9 Å². The minimum absolute atomic E-state index is 0.00909. The summed E-state index contributed by atoms with van der Waals surface area (Å²) in [4.78, 5) is 31.2. The summed E-state index contributed by atoms with van der Waals surface area (Å²) in [7, 11) is 0. The molecule has 1 N–H and O–H groups in total. The molecular formula is C33H38N6O2. The van der Waals surface area contributed by atoms with E-state index < -0.39 is 0 Å². The maximum absolute atomic E-state index is 13.8. The summed E-state index contributed by atoms with van der Waals surface area (Å²) in [6.45, 7) is 9.07. The van der Waals surface area contributed by atoms with Crippen LogP contribution in [0.1, 0.15) is 54.6 Å². The summed E-state index contributed by atoms with van der Waals surface area (Å²) in [5.74, 6) is 0.00943. The first-order valence-electron chi connectivity index (χ1n) is 14.6. The first-order valence-corrected chi connectivity index (χ1v) is 14.6. The number of aromatic nitrogens is 3. The number of hydrogen-bond acceptors (Lipinski definition) is 5. The van der Waals surface area contributed by atoms with Crippen molar-refractivity contribution in [2.45, 2.75) is 52.1 Å². The van der Waals surface area contributed by atoms with Crippen LogP contribution in [-0.2, 0) is 17.6 Å². The van der Waals surface area contributed by atoms with E-state index in [1.165, 1.54) is 22.2 Å². The molecule has 0 saturated carbocycles. The van der Waals surface area contributed by atoms with Crippen LogP contribution in [0, 0.1) is 6.92 Å². The van der Waals surface area contributed by atoms with E-state index >= 15 is 0 Å². The van der Waals surface area contributed by atoms with Gasteiger partial charge >= 0.3 is 5.69 Å². The Morgan fingerprint density at radius 3 is 2.37 bits per heavy atom. The summed E-state index contributed by atoms with van der Waals surface area (Å²) in [5, 5.41) is 7.49. The lowest BCUT2D eigenvalue weighted by atomic mass is 10.0. The summed E-state index contributed by atoms with van der Waals surface area (Å²) in [6.07, 6.45) is 5.00. The van der Waals surface area contributed by atoms with E-state index in [0.29, 0.717) is 0 Å². The second-order valence-electron chi connectivity index (χ2n) is 11.5. The van der Waals surface area contributed by atoms with Crippen molar-refractivity contribution in [2.24, 2.45) is 0 Å². The minimum atomic E-state index is -0.361. The van der Waals surface area contributed by atoms with Crippen LogP contribution in [0.5, 0.6) is 0 Å². The van der Waals surface area contributed by atoms with Gasteiger partial charge in [0.05, 0.1) is 11.7 Å². The molecule has 8 nitrogen and oxygen atoms in total.